The number of aldehydes is 5. The van der Waals surface area contributed by atoms with Crippen molar-refractivity contribution in [1.82, 2.24) is 0 Å². The van der Waals surface area contributed by atoms with Gasteiger partial charge in [0.2, 0.25) is 0 Å². The third kappa shape index (κ3) is 87.2. The number of hydrogen-bond donors (Lipinski definition) is 0. The molecule has 0 aromatic carbocycles. The predicted octanol–water partition coefficient (Wildman–Crippen LogP) is 8.21. The summed E-state index contributed by atoms with van der Waals surface area (Å²) >= 11 is 0. The van der Waals surface area contributed by atoms with E-state index in [-0.39, 0.29) is 0 Å². The second-order valence-corrected chi connectivity index (χ2v) is 7.73. The van der Waals surface area contributed by atoms with E-state index < -0.39 is 0 Å². The molecule has 0 aliphatic carbocycles. The van der Waals surface area contributed by atoms with Crippen molar-refractivity contribution in [2.75, 3.05) is 0 Å². The van der Waals surface area contributed by atoms with Gasteiger partial charge in [-0.2, -0.15) is 0 Å². The van der Waals surface area contributed by atoms with Gasteiger partial charge in [0.15, 0.2) is 0 Å². The summed E-state index contributed by atoms with van der Waals surface area (Å²) in [6, 6.07) is 0. The van der Waals surface area contributed by atoms with Crippen molar-refractivity contribution in [2.45, 2.75) is 143 Å². The van der Waals surface area contributed by atoms with Crippen LogP contribution in [-0.2, 0) is 24.0 Å². The molecule has 0 unspecified atom stereocenters. The maximum atomic E-state index is 9.84. The first-order valence-electron chi connectivity index (χ1n) is 13.4. The Morgan fingerprint density at radius 2 is 0.647 bits per heavy atom. The predicted molar refractivity (Wildman–Crippen MR) is 146 cm³/mol. The number of unbranched alkanes of at least 4 members (excludes halogenated alkanes) is 14. The maximum Gasteiger partial charge on any atom is 0.142 e. The van der Waals surface area contributed by atoms with Crippen molar-refractivity contribution in [3.05, 3.63) is 12.7 Å². The molecular weight excluding hydrogens is 428 g/mol. The average molecular weight is 485 g/mol. The Balaban J connectivity index is -0.000000105. The van der Waals surface area contributed by atoms with E-state index in [0.717, 1.165) is 82.9 Å². The van der Waals surface area contributed by atoms with Gasteiger partial charge in [0.05, 0.1) is 0 Å². The summed E-state index contributed by atoms with van der Waals surface area (Å²) in [5.41, 5.74) is 0. The smallest absolute Gasteiger partial charge is 0.142 e. The fraction of sp³-hybridized carbons (Fsp3) is 0.759. The Morgan fingerprint density at radius 1 is 0.412 bits per heavy atom. The fourth-order valence-corrected chi connectivity index (χ4v) is 2.25. The van der Waals surface area contributed by atoms with Gasteiger partial charge in [-0.05, 0) is 31.8 Å². The summed E-state index contributed by atoms with van der Waals surface area (Å²) < 4.78 is 0. The molecule has 0 atom stereocenters. The monoisotopic (exact) mass is 484 g/mol. The maximum absolute atomic E-state index is 9.84. The van der Waals surface area contributed by atoms with Crippen LogP contribution >= 0.6 is 0 Å². The summed E-state index contributed by atoms with van der Waals surface area (Å²) in [6.45, 7) is 11.7. The van der Waals surface area contributed by atoms with Crippen LogP contribution in [0.1, 0.15) is 143 Å². The highest BCUT2D eigenvalue weighted by Crippen LogP contribution is 2.03. The molecule has 34 heavy (non-hydrogen) atoms. The standard InChI is InChI=1S/C8H16O.C7H14O.C6H12O.C5H10O.C3H4O/c1-2-3-4-5-6-7-8-9;1-2-3-4-5-6-7-8;1-2-3-4-5-6-7;1-2-3-4-5-6;1-2-3-4/h8H,2-7H2,1H3;7H,2-6H2,1H3;6H,2-5H2,1H3;5H,2-4H2,1H3;2-3H,1H2. The van der Waals surface area contributed by atoms with Gasteiger partial charge in [0, 0.05) is 25.7 Å². The third-order valence-corrected chi connectivity index (χ3v) is 4.30. The minimum atomic E-state index is 0.639. The highest BCUT2D eigenvalue weighted by Gasteiger charge is 1.86. The quantitative estimate of drug-likeness (QED) is 0.105. The van der Waals surface area contributed by atoms with Gasteiger partial charge in [0.25, 0.3) is 0 Å². The Bertz CT molecular complexity index is 375. The van der Waals surface area contributed by atoms with Gasteiger partial charge >= 0.3 is 0 Å². The van der Waals surface area contributed by atoms with Crippen LogP contribution in [0.4, 0.5) is 0 Å². The molecule has 0 aliphatic heterocycles. The number of hydrogen-bond acceptors (Lipinski definition) is 5. The van der Waals surface area contributed by atoms with Crippen molar-refractivity contribution in [2.24, 2.45) is 0 Å². The van der Waals surface area contributed by atoms with Crippen LogP contribution in [-0.4, -0.2) is 31.4 Å². The van der Waals surface area contributed by atoms with Crippen LogP contribution < -0.4 is 0 Å². The Morgan fingerprint density at radius 3 is 0.912 bits per heavy atom. The van der Waals surface area contributed by atoms with E-state index in [9.17, 15) is 19.2 Å². The van der Waals surface area contributed by atoms with Gasteiger partial charge in [-0.1, -0.05) is 98.5 Å². The first kappa shape index (κ1) is 42.3. The number of carbonyl (C=O) groups is 5. The second-order valence-electron chi connectivity index (χ2n) is 7.73. The molecule has 0 spiro atoms. The molecule has 5 nitrogen and oxygen atoms in total. The first-order chi connectivity index (χ1) is 16.6. The molecule has 0 radical (unpaired) electrons. The molecule has 0 rings (SSSR count). The minimum Gasteiger partial charge on any atom is -0.303 e. The number of allylic oxidation sites excluding steroid dienone is 1. The van der Waals surface area contributed by atoms with Crippen molar-refractivity contribution in [3.8, 4) is 0 Å². The van der Waals surface area contributed by atoms with E-state index >= 15 is 0 Å². The highest BCUT2D eigenvalue weighted by atomic mass is 16.1. The van der Waals surface area contributed by atoms with Gasteiger partial charge in [0.1, 0.15) is 31.4 Å². The number of carbonyl (C=O) groups excluding carboxylic acids is 5. The lowest BCUT2D eigenvalue weighted by Gasteiger charge is -1.93. The molecular formula is C29H56O5. The van der Waals surface area contributed by atoms with Crippen LogP contribution in [0.2, 0.25) is 0 Å². The fourth-order valence-electron chi connectivity index (χ4n) is 2.25. The topological polar surface area (TPSA) is 85.3 Å². The average Bonchev–Trinajstić information content (AvgIpc) is 2.87. The molecule has 0 fully saturated rings. The molecule has 0 aliphatic rings. The molecule has 5 heteroatoms. The summed E-state index contributed by atoms with van der Waals surface area (Å²) in [4.78, 5) is 47.9. The molecule has 0 saturated carbocycles. The van der Waals surface area contributed by atoms with E-state index in [1.54, 1.807) is 0 Å². The molecule has 0 saturated heterocycles. The lowest BCUT2D eigenvalue weighted by Crippen LogP contribution is -1.78. The lowest BCUT2D eigenvalue weighted by molar-refractivity contribution is -0.108. The molecule has 0 aromatic rings. The van der Waals surface area contributed by atoms with Crippen molar-refractivity contribution >= 4 is 31.4 Å². The molecule has 0 aromatic heterocycles. The zero-order valence-corrected chi connectivity index (χ0v) is 22.9. The van der Waals surface area contributed by atoms with Gasteiger partial charge in [-0.25, -0.2) is 0 Å². The third-order valence-electron chi connectivity index (χ3n) is 4.30. The molecule has 0 heterocycles. The van der Waals surface area contributed by atoms with E-state index in [4.69, 9.17) is 4.79 Å². The highest BCUT2D eigenvalue weighted by molar-refractivity contribution is 5.63. The SMILES string of the molecule is C=CC=O.CCCCC=O.CCCCCC=O.CCCCCCC=O.CCCCCCCC=O. The Hall–Kier alpha value is -1.91. The van der Waals surface area contributed by atoms with Crippen LogP contribution in [0.3, 0.4) is 0 Å². The second kappa shape index (κ2) is 57.7. The largest absolute Gasteiger partial charge is 0.303 e. The number of rotatable bonds is 19. The molecule has 0 bridgehead atoms. The summed E-state index contributed by atoms with van der Waals surface area (Å²) in [6.07, 6.45) is 25.4. The van der Waals surface area contributed by atoms with E-state index in [1.807, 2.05) is 0 Å². The van der Waals surface area contributed by atoms with Gasteiger partial charge in [-0.3, -0.25) is 4.79 Å². The van der Waals surface area contributed by atoms with Crippen molar-refractivity contribution < 1.29 is 24.0 Å². The lowest BCUT2D eigenvalue weighted by atomic mass is 10.1. The summed E-state index contributed by atoms with van der Waals surface area (Å²) in [7, 11) is 0. The summed E-state index contributed by atoms with van der Waals surface area (Å²) in [5, 5.41) is 0. The molecule has 0 N–H and O–H groups in total. The van der Waals surface area contributed by atoms with Crippen LogP contribution in [0, 0.1) is 0 Å². The first-order valence-corrected chi connectivity index (χ1v) is 13.4. The summed E-state index contributed by atoms with van der Waals surface area (Å²) in [5.74, 6) is 0. The van der Waals surface area contributed by atoms with E-state index in [2.05, 4.69) is 34.3 Å². The molecule has 0 amide bonds. The zero-order chi connectivity index (χ0) is 27.0. The Kier molecular flexibility index (Phi) is 71.7. The van der Waals surface area contributed by atoms with Crippen molar-refractivity contribution in [3.63, 3.8) is 0 Å². The van der Waals surface area contributed by atoms with Gasteiger partial charge < -0.3 is 19.2 Å². The van der Waals surface area contributed by atoms with Crippen LogP contribution in [0.25, 0.3) is 0 Å². The minimum absolute atomic E-state index is 0.639. The molecule has 202 valence electrons. The Labute approximate surface area is 211 Å². The van der Waals surface area contributed by atoms with Crippen LogP contribution in [0.5, 0.6) is 0 Å². The van der Waals surface area contributed by atoms with Crippen molar-refractivity contribution in [1.29, 1.82) is 0 Å². The van der Waals surface area contributed by atoms with E-state index in [1.165, 1.54) is 63.9 Å². The van der Waals surface area contributed by atoms with Gasteiger partial charge in [-0.15, -0.1) is 0 Å². The normalized spacial score (nSPS) is 8.47. The van der Waals surface area contributed by atoms with E-state index in [0.29, 0.717) is 6.29 Å². The zero-order valence-electron chi connectivity index (χ0n) is 22.9. The van der Waals surface area contributed by atoms with Crippen LogP contribution in [0.15, 0.2) is 12.7 Å².